The molecule has 0 atom stereocenters. The van der Waals surface area contributed by atoms with Crippen LogP contribution in [0.4, 0.5) is 0 Å². The molecule has 94 valence electrons. The number of rotatable bonds is 5. The standard InChI is InChI=1S/C12H17NO4/c1-8-7-9(2)13(5-4-6-17-3)11(14)10(8)12(15)16/h7H,4-6H2,1-3H3,(H,15,16). The number of hydrogen-bond donors (Lipinski definition) is 1. The third-order valence-electron chi connectivity index (χ3n) is 2.65. The number of hydrogen-bond acceptors (Lipinski definition) is 3. The number of carboxylic acids is 1. The summed E-state index contributed by atoms with van der Waals surface area (Å²) in [6.07, 6.45) is 0.680. The van der Waals surface area contributed by atoms with Gasteiger partial charge in [-0.05, 0) is 31.9 Å². The summed E-state index contributed by atoms with van der Waals surface area (Å²) in [4.78, 5) is 23.0. The fourth-order valence-corrected chi connectivity index (χ4v) is 1.83. The van der Waals surface area contributed by atoms with E-state index in [1.807, 2.05) is 0 Å². The molecule has 1 rings (SSSR count). The highest BCUT2D eigenvalue weighted by molar-refractivity contribution is 5.88. The van der Waals surface area contributed by atoms with E-state index >= 15 is 0 Å². The van der Waals surface area contributed by atoms with Gasteiger partial charge in [0, 0.05) is 26.0 Å². The van der Waals surface area contributed by atoms with E-state index in [1.165, 1.54) is 4.57 Å². The Bertz CT molecular complexity index is 476. The Labute approximate surface area is 99.6 Å². The molecule has 0 unspecified atom stereocenters. The monoisotopic (exact) mass is 239 g/mol. The summed E-state index contributed by atoms with van der Waals surface area (Å²) < 4.78 is 6.39. The molecule has 0 aliphatic heterocycles. The number of nitrogens with zero attached hydrogens (tertiary/aromatic N) is 1. The molecule has 17 heavy (non-hydrogen) atoms. The highest BCUT2D eigenvalue weighted by Gasteiger charge is 2.15. The first-order valence-corrected chi connectivity index (χ1v) is 5.42. The van der Waals surface area contributed by atoms with Gasteiger partial charge in [-0.25, -0.2) is 4.79 Å². The summed E-state index contributed by atoms with van der Waals surface area (Å²) >= 11 is 0. The molecule has 5 heteroatoms. The van der Waals surface area contributed by atoms with Gasteiger partial charge in [0.05, 0.1) is 0 Å². The van der Waals surface area contributed by atoms with Crippen LogP contribution in [0, 0.1) is 13.8 Å². The van der Waals surface area contributed by atoms with Crippen molar-refractivity contribution in [2.75, 3.05) is 13.7 Å². The predicted octanol–water partition coefficient (Wildman–Crippen LogP) is 1.20. The van der Waals surface area contributed by atoms with Crippen LogP contribution in [0.5, 0.6) is 0 Å². The molecule has 1 aromatic heterocycles. The molecule has 5 nitrogen and oxygen atoms in total. The van der Waals surface area contributed by atoms with Crippen molar-refractivity contribution in [3.8, 4) is 0 Å². The molecule has 0 fully saturated rings. The SMILES string of the molecule is COCCCn1c(C)cc(C)c(C(=O)O)c1=O. The number of aromatic nitrogens is 1. The summed E-state index contributed by atoms with van der Waals surface area (Å²) in [5.74, 6) is -1.17. The zero-order valence-electron chi connectivity index (χ0n) is 10.3. The van der Waals surface area contributed by atoms with Gasteiger partial charge in [-0.1, -0.05) is 0 Å². The minimum atomic E-state index is -1.17. The first-order valence-electron chi connectivity index (χ1n) is 5.42. The first kappa shape index (κ1) is 13.4. The fraction of sp³-hybridized carbons (Fsp3) is 0.500. The summed E-state index contributed by atoms with van der Waals surface area (Å²) in [6, 6.07) is 1.72. The van der Waals surface area contributed by atoms with E-state index in [4.69, 9.17) is 9.84 Å². The highest BCUT2D eigenvalue weighted by Crippen LogP contribution is 2.07. The van der Waals surface area contributed by atoms with E-state index in [2.05, 4.69) is 0 Å². The molecule has 1 heterocycles. The molecule has 0 radical (unpaired) electrons. The van der Waals surface area contributed by atoms with Gasteiger partial charge in [-0.15, -0.1) is 0 Å². The van der Waals surface area contributed by atoms with Crippen molar-refractivity contribution < 1.29 is 14.6 Å². The van der Waals surface area contributed by atoms with Crippen LogP contribution in [-0.4, -0.2) is 29.4 Å². The number of methoxy groups -OCH3 is 1. The van der Waals surface area contributed by atoms with Crippen LogP contribution < -0.4 is 5.56 Å². The van der Waals surface area contributed by atoms with Gasteiger partial charge < -0.3 is 14.4 Å². The Morgan fingerprint density at radius 2 is 2.12 bits per heavy atom. The molecule has 0 saturated heterocycles. The second-order valence-electron chi connectivity index (χ2n) is 3.95. The van der Waals surface area contributed by atoms with E-state index in [9.17, 15) is 9.59 Å². The van der Waals surface area contributed by atoms with E-state index in [0.717, 1.165) is 5.69 Å². The van der Waals surface area contributed by atoms with E-state index in [0.29, 0.717) is 25.1 Å². The lowest BCUT2D eigenvalue weighted by Gasteiger charge is -2.12. The van der Waals surface area contributed by atoms with Crippen LogP contribution in [0.1, 0.15) is 28.0 Å². The number of ether oxygens (including phenoxy) is 1. The second-order valence-corrected chi connectivity index (χ2v) is 3.95. The maximum absolute atomic E-state index is 12.0. The molecule has 0 aromatic carbocycles. The number of pyridine rings is 1. The molecule has 0 bridgehead atoms. The summed E-state index contributed by atoms with van der Waals surface area (Å²) in [6.45, 7) is 4.45. The van der Waals surface area contributed by atoms with Crippen LogP contribution in [0.15, 0.2) is 10.9 Å². The van der Waals surface area contributed by atoms with E-state index in [1.54, 1.807) is 27.0 Å². The van der Waals surface area contributed by atoms with Crippen LogP contribution in [-0.2, 0) is 11.3 Å². The van der Waals surface area contributed by atoms with Gasteiger partial charge in [-0.2, -0.15) is 0 Å². The largest absolute Gasteiger partial charge is 0.477 e. The lowest BCUT2D eigenvalue weighted by Crippen LogP contribution is -2.29. The van der Waals surface area contributed by atoms with Crippen molar-refractivity contribution in [2.24, 2.45) is 0 Å². The van der Waals surface area contributed by atoms with E-state index in [-0.39, 0.29) is 5.56 Å². The molecular formula is C12H17NO4. The van der Waals surface area contributed by atoms with Crippen molar-refractivity contribution >= 4 is 5.97 Å². The van der Waals surface area contributed by atoms with Crippen molar-refractivity contribution in [2.45, 2.75) is 26.8 Å². The van der Waals surface area contributed by atoms with Crippen molar-refractivity contribution in [3.63, 3.8) is 0 Å². The Hall–Kier alpha value is -1.62. The van der Waals surface area contributed by atoms with Crippen molar-refractivity contribution in [1.29, 1.82) is 0 Å². The lowest BCUT2D eigenvalue weighted by molar-refractivity contribution is 0.0693. The van der Waals surface area contributed by atoms with Gasteiger partial charge >= 0.3 is 5.97 Å². The highest BCUT2D eigenvalue weighted by atomic mass is 16.5. The van der Waals surface area contributed by atoms with Crippen molar-refractivity contribution in [1.82, 2.24) is 4.57 Å². The van der Waals surface area contributed by atoms with E-state index < -0.39 is 11.5 Å². The van der Waals surface area contributed by atoms with Crippen LogP contribution in [0.2, 0.25) is 0 Å². The molecule has 0 amide bonds. The Kier molecular flexibility index (Phi) is 4.45. The zero-order valence-corrected chi connectivity index (χ0v) is 10.3. The molecule has 1 N–H and O–H groups in total. The minimum Gasteiger partial charge on any atom is -0.477 e. The maximum atomic E-state index is 12.0. The maximum Gasteiger partial charge on any atom is 0.341 e. The molecule has 0 aliphatic carbocycles. The Morgan fingerprint density at radius 1 is 1.47 bits per heavy atom. The molecule has 1 aromatic rings. The number of carboxylic acid groups (broad SMARTS) is 1. The Balaban J connectivity index is 3.17. The second kappa shape index (κ2) is 5.63. The van der Waals surface area contributed by atoms with Crippen LogP contribution in [0.25, 0.3) is 0 Å². The third kappa shape index (κ3) is 2.94. The Morgan fingerprint density at radius 3 is 2.65 bits per heavy atom. The van der Waals surface area contributed by atoms with Gasteiger partial charge in [-0.3, -0.25) is 4.79 Å². The molecular weight excluding hydrogens is 222 g/mol. The van der Waals surface area contributed by atoms with Crippen LogP contribution >= 0.6 is 0 Å². The smallest absolute Gasteiger partial charge is 0.341 e. The third-order valence-corrected chi connectivity index (χ3v) is 2.65. The number of aryl methyl sites for hydroxylation is 2. The molecule has 0 spiro atoms. The van der Waals surface area contributed by atoms with Gasteiger partial charge in [0.15, 0.2) is 0 Å². The van der Waals surface area contributed by atoms with Gasteiger partial charge in [0.1, 0.15) is 5.56 Å². The predicted molar refractivity (Wildman–Crippen MR) is 63.6 cm³/mol. The quantitative estimate of drug-likeness (QED) is 0.784. The summed E-state index contributed by atoms with van der Waals surface area (Å²) in [5.41, 5.74) is 0.690. The average molecular weight is 239 g/mol. The lowest BCUT2D eigenvalue weighted by atomic mass is 10.1. The first-order chi connectivity index (χ1) is 7.99. The molecule has 0 aliphatic rings. The van der Waals surface area contributed by atoms with Gasteiger partial charge in [0.25, 0.3) is 5.56 Å². The minimum absolute atomic E-state index is 0.145. The van der Waals surface area contributed by atoms with Crippen molar-refractivity contribution in [3.05, 3.63) is 33.2 Å². The normalized spacial score (nSPS) is 10.5. The van der Waals surface area contributed by atoms with Gasteiger partial charge in [0.2, 0.25) is 0 Å². The average Bonchev–Trinajstić information content (AvgIpc) is 2.21. The van der Waals surface area contributed by atoms with Crippen LogP contribution in [0.3, 0.4) is 0 Å². The summed E-state index contributed by atoms with van der Waals surface area (Å²) in [7, 11) is 1.59. The fourth-order valence-electron chi connectivity index (χ4n) is 1.83. The summed E-state index contributed by atoms with van der Waals surface area (Å²) in [5, 5.41) is 9.00. The topological polar surface area (TPSA) is 68.5 Å². The number of carbonyl (C=O) groups is 1. The number of aromatic carboxylic acids is 1. The zero-order chi connectivity index (χ0) is 13.0. The molecule has 0 saturated carbocycles.